The van der Waals surface area contributed by atoms with Gasteiger partial charge in [0, 0.05) is 12.1 Å². The lowest BCUT2D eigenvalue weighted by Gasteiger charge is -2.33. The van der Waals surface area contributed by atoms with Crippen LogP contribution in [0.15, 0.2) is 18.2 Å². The maximum absolute atomic E-state index is 12.5. The van der Waals surface area contributed by atoms with Crippen LogP contribution >= 0.6 is 0 Å². The molecule has 1 saturated heterocycles. The molecule has 0 spiro atoms. The molecule has 7 nitrogen and oxygen atoms in total. The molecule has 126 valence electrons. The van der Waals surface area contributed by atoms with Gasteiger partial charge in [-0.2, -0.15) is 0 Å². The van der Waals surface area contributed by atoms with Crippen LogP contribution in [0.25, 0.3) is 0 Å². The highest BCUT2D eigenvalue weighted by Gasteiger charge is 2.38. The second-order valence-electron chi connectivity index (χ2n) is 5.55. The maximum Gasteiger partial charge on any atom is 0.327 e. The molecule has 1 N–H and O–H groups in total. The fourth-order valence-electron chi connectivity index (χ4n) is 2.62. The van der Waals surface area contributed by atoms with Crippen LogP contribution in [0, 0.1) is 6.92 Å². The number of methoxy groups -OCH3 is 1. The number of sulfone groups is 1. The Morgan fingerprint density at radius 3 is 2.70 bits per heavy atom. The number of carboxylic acid groups (broad SMARTS) is 1. The minimum absolute atomic E-state index is 0.0331. The average Bonchev–Trinajstić information content (AvgIpc) is 2.46. The van der Waals surface area contributed by atoms with Gasteiger partial charge in [-0.25, -0.2) is 13.2 Å². The van der Waals surface area contributed by atoms with Gasteiger partial charge in [0.2, 0.25) is 5.91 Å². The molecule has 1 amide bonds. The Labute approximate surface area is 134 Å². The van der Waals surface area contributed by atoms with Crippen LogP contribution in [-0.4, -0.2) is 61.5 Å². The molecule has 1 aliphatic heterocycles. The Morgan fingerprint density at radius 1 is 1.39 bits per heavy atom. The van der Waals surface area contributed by atoms with Crippen LogP contribution in [0.1, 0.15) is 11.1 Å². The summed E-state index contributed by atoms with van der Waals surface area (Å²) >= 11 is 0. The van der Waals surface area contributed by atoms with Crippen molar-refractivity contribution < 1.29 is 27.9 Å². The normalized spacial score (nSPS) is 20.1. The first-order valence-corrected chi connectivity index (χ1v) is 8.92. The number of carboxylic acids is 1. The van der Waals surface area contributed by atoms with Crippen LogP contribution in [0.2, 0.25) is 0 Å². The summed E-state index contributed by atoms with van der Waals surface area (Å²) in [4.78, 5) is 24.9. The summed E-state index contributed by atoms with van der Waals surface area (Å²) in [5.41, 5.74) is 1.60. The Bertz CT molecular complexity index is 727. The van der Waals surface area contributed by atoms with Crippen molar-refractivity contribution in [2.45, 2.75) is 19.4 Å². The van der Waals surface area contributed by atoms with E-state index in [9.17, 15) is 23.1 Å². The molecule has 1 aromatic carbocycles. The minimum Gasteiger partial charge on any atom is -0.496 e. The fraction of sp³-hybridized carbons (Fsp3) is 0.467. The summed E-state index contributed by atoms with van der Waals surface area (Å²) in [6.07, 6.45) is -0.0331. The maximum atomic E-state index is 12.5. The number of carbonyl (C=O) groups is 2. The van der Waals surface area contributed by atoms with Crippen molar-refractivity contribution in [2.75, 3.05) is 25.2 Å². The van der Waals surface area contributed by atoms with E-state index in [4.69, 9.17) is 4.74 Å². The van der Waals surface area contributed by atoms with E-state index in [1.165, 1.54) is 7.11 Å². The van der Waals surface area contributed by atoms with Crippen molar-refractivity contribution in [3.05, 3.63) is 29.3 Å². The van der Waals surface area contributed by atoms with Gasteiger partial charge in [0.1, 0.15) is 11.8 Å². The van der Waals surface area contributed by atoms with E-state index in [2.05, 4.69) is 0 Å². The number of carbonyl (C=O) groups excluding carboxylic acids is 1. The van der Waals surface area contributed by atoms with Gasteiger partial charge in [0.15, 0.2) is 9.84 Å². The van der Waals surface area contributed by atoms with Crippen LogP contribution in [0.3, 0.4) is 0 Å². The van der Waals surface area contributed by atoms with Gasteiger partial charge in [-0.3, -0.25) is 4.79 Å². The molecule has 2 rings (SSSR count). The molecule has 0 bridgehead atoms. The van der Waals surface area contributed by atoms with Crippen molar-refractivity contribution in [3.63, 3.8) is 0 Å². The SMILES string of the molecule is COc1ccc(C)cc1CC(=O)N1CCS(=O)(=O)CC1C(=O)O. The summed E-state index contributed by atoms with van der Waals surface area (Å²) in [5, 5.41) is 9.22. The van der Waals surface area contributed by atoms with Gasteiger partial charge in [0.05, 0.1) is 25.0 Å². The van der Waals surface area contributed by atoms with Gasteiger partial charge >= 0.3 is 5.97 Å². The zero-order chi connectivity index (χ0) is 17.2. The van der Waals surface area contributed by atoms with Crippen molar-refractivity contribution in [1.82, 2.24) is 4.90 Å². The third kappa shape index (κ3) is 4.01. The highest BCUT2D eigenvalue weighted by Crippen LogP contribution is 2.22. The fourth-order valence-corrected chi connectivity index (χ4v) is 4.07. The van der Waals surface area contributed by atoms with E-state index < -0.39 is 33.5 Å². The van der Waals surface area contributed by atoms with Crippen molar-refractivity contribution in [1.29, 1.82) is 0 Å². The van der Waals surface area contributed by atoms with Crippen LogP contribution in [-0.2, 0) is 25.8 Å². The lowest BCUT2D eigenvalue weighted by atomic mass is 10.1. The molecule has 1 fully saturated rings. The van der Waals surface area contributed by atoms with E-state index in [1.807, 2.05) is 13.0 Å². The van der Waals surface area contributed by atoms with Crippen molar-refractivity contribution in [2.24, 2.45) is 0 Å². The summed E-state index contributed by atoms with van der Waals surface area (Å²) in [5.74, 6) is -1.94. The third-order valence-electron chi connectivity index (χ3n) is 3.81. The number of ether oxygens (including phenoxy) is 1. The highest BCUT2D eigenvalue weighted by molar-refractivity contribution is 7.91. The summed E-state index contributed by atoms with van der Waals surface area (Å²) < 4.78 is 28.4. The first-order chi connectivity index (χ1) is 10.7. The first kappa shape index (κ1) is 17.3. The van der Waals surface area contributed by atoms with Crippen LogP contribution in [0.4, 0.5) is 0 Å². The molecule has 1 heterocycles. The molecular formula is C15H19NO6S. The number of benzene rings is 1. The van der Waals surface area contributed by atoms with Crippen molar-refractivity contribution >= 4 is 21.7 Å². The Hall–Kier alpha value is -2.09. The number of aliphatic carboxylic acids is 1. The largest absolute Gasteiger partial charge is 0.496 e. The summed E-state index contributed by atoms with van der Waals surface area (Å²) in [6.45, 7) is 1.77. The zero-order valence-electron chi connectivity index (χ0n) is 13.0. The predicted octanol–water partition coefficient (Wildman–Crippen LogP) is 0.256. The first-order valence-electron chi connectivity index (χ1n) is 7.10. The quantitative estimate of drug-likeness (QED) is 0.843. The molecule has 1 aliphatic rings. The monoisotopic (exact) mass is 341 g/mol. The number of hydrogen-bond acceptors (Lipinski definition) is 5. The van der Waals surface area contributed by atoms with Gasteiger partial charge < -0.3 is 14.7 Å². The standard InChI is InChI=1S/C15H19NO6S/c1-10-3-4-13(22-2)11(7-10)8-14(17)16-5-6-23(20,21)9-12(16)15(18)19/h3-4,7,12H,5-6,8-9H2,1-2H3,(H,18,19). The molecule has 1 atom stereocenters. The number of amides is 1. The second-order valence-corrected chi connectivity index (χ2v) is 7.78. The molecule has 8 heteroatoms. The van der Waals surface area contributed by atoms with Gasteiger partial charge in [0.25, 0.3) is 0 Å². The molecule has 0 aliphatic carbocycles. The molecule has 1 aromatic rings. The number of hydrogen-bond donors (Lipinski definition) is 1. The molecular weight excluding hydrogens is 322 g/mol. The van der Waals surface area contributed by atoms with Crippen LogP contribution in [0.5, 0.6) is 5.75 Å². The highest BCUT2D eigenvalue weighted by atomic mass is 32.2. The number of nitrogens with zero attached hydrogens (tertiary/aromatic N) is 1. The minimum atomic E-state index is -3.44. The molecule has 0 aromatic heterocycles. The number of rotatable bonds is 4. The molecule has 1 unspecified atom stereocenters. The predicted molar refractivity (Wildman–Crippen MR) is 83.2 cm³/mol. The smallest absolute Gasteiger partial charge is 0.327 e. The Kier molecular flexibility index (Phi) is 4.93. The molecule has 0 saturated carbocycles. The summed E-state index contributed by atoms with van der Waals surface area (Å²) in [7, 11) is -1.94. The lowest BCUT2D eigenvalue weighted by molar-refractivity contribution is -0.149. The van der Waals surface area contributed by atoms with Gasteiger partial charge in [-0.1, -0.05) is 17.7 Å². The Morgan fingerprint density at radius 2 is 2.09 bits per heavy atom. The van der Waals surface area contributed by atoms with Gasteiger partial charge in [-0.05, 0) is 13.0 Å². The second kappa shape index (κ2) is 6.57. The lowest BCUT2D eigenvalue weighted by Crippen LogP contribution is -2.55. The Balaban J connectivity index is 2.23. The third-order valence-corrected chi connectivity index (χ3v) is 5.44. The van der Waals surface area contributed by atoms with E-state index in [0.29, 0.717) is 11.3 Å². The van der Waals surface area contributed by atoms with E-state index in [1.54, 1.807) is 12.1 Å². The van der Waals surface area contributed by atoms with Crippen molar-refractivity contribution in [3.8, 4) is 5.75 Å². The molecule has 0 radical (unpaired) electrons. The van der Waals surface area contributed by atoms with Crippen LogP contribution < -0.4 is 4.74 Å². The van der Waals surface area contributed by atoms with E-state index in [0.717, 1.165) is 10.5 Å². The summed E-state index contributed by atoms with van der Waals surface area (Å²) in [6, 6.07) is 4.05. The van der Waals surface area contributed by atoms with E-state index in [-0.39, 0.29) is 18.7 Å². The number of aryl methyl sites for hydroxylation is 1. The average molecular weight is 341 g/mol. The van der Waals surface area contributed by atoms with Gasteiger partial charge in [-0.15, -0.1) is 0 Å². The topological polar surface area (TPSA) is 101 Å². The van der Waals surface area contributed by atoms with E-state index >= 15 is 0 Å². The molecule has 23 heavy (non-hydrogen) atoms. The zero-order valence-corrected chi connectivity index (χ0v) is 13.8.